The molecule has 1 aromatic heterocycles. The van der Waals surface area contributed by atoms with E-state index < -0.39 is 12.0 Å². The maximum absolute atomic E-state index is 13.2. The highest BCUT2D eigenvalue weighted by Crippen LogP contribution is 2.24. The van der Waals surface area contributed by atoms with E-state index in [2.05, 4.69) is 36.6 Å². The summed E-state index contributed by atoms with van der Waals surface area (Å²) in [4.78, 5) is 34.0. The molecule has 43 heavy (non-hydrogen) atoms. The molecule has 0 radical (unpaired) electrons. The Labute approximate surface area is 258 Å². The number of nitrogens with zero attached hydrogens (tertiary/aromatic N) is 2. The molecular formula is C34H40N4O4S. The number of hydrogen-bond donors (Lipinski definition) is 2. The van der Waals surface area contributed by atoms with E-state index >= 15 is 0 Å². The second kappa shape index (κ2) is 15.9. The second-order valence-corrected chi connectivity index (χ2v) is 11.7. The van der Waals surface area contributed by atoms with Crippen LogP contribution in [0.4, 0.5) is 10.8 Å². The van der Waals surface area contributed by atoms with Crippen molar-refractivity contribution in [2.24, 2.45) is 0 Å². The summed E-state index contributed by atoms with van der Waals surface area (Å²) in [6, 6.07) is 23.3. The van der Waals surface area contributed by atoms with Gasteiger partial charge in [-0.05, 0) is 63.8 Å². The first-order valence-corrected chi connectivity index (χ1v) is 15.3. The maximum Gasteiger partial charge on any atom is 0.328 e. The van der Waals surface area contributed by atoms with Crippen LogP contribution in [0.25, 0.3) is 0 Å². The lowest BCUT2D eigenvalue weighted by molar-refractivity contribution is -0.141. The molecule has 9 heteroatoms. The fourth-order valence-corrected chi connectivity index (χ4v) is 5.51. The Morgan fingerprint density at radius 3 is 2.42 bits per heavy atom. The average Bonchev–Trinajstić information content (AvgIpc) is 3.38. The number of methoxy groups -OCH3 is 1. The van der Waals surface area contributed by atoms with Gasteiger partial charge < -0.3 is 25.0 Å². The highest BCUT2D eigenvalue weighted by molar-refractivity contribution is 7.15. The molecule has 1 unspecified atom stereocenters. The fourth-order valence-electron chi connectivity index (χ4n) is 4.62. The van der Waals surface area contributed by atoms with Crippen LogP contribution in [-0.2, 0) is 22.4 Å². The summed E-state index contributed by atoms with van der Waals surface area (Å²) in [6.45, 7) is 4.55. The van der Waals surface area contributed by atoms with Crippen LogP contribution in [0.5, 0.6) is 5.75 Å². The Balaban J connectivity index is 1.33. The molecule has 0 saturated heterocycles. The van der Waals surface area contributed by atoms with E-state index in [1.165, 1.54) is 12.0 Å². The lowest BCUT2D eigenvalue weighted by Gasteiger charge is -2.20. The van der Waals surface area contributed by atoms with Gasteiger partial charge in [-0.1, -0.05) is 54.6 Å². The van der Waals surface area contributed by atoms with E-state index in [0.29, 0.717) is 29.8 Å². The smallest absolute Gasteiger partial charge is 0.328 e. The number of benzene rings is 3. The molecular weight excluding hydrogens is 560 g/mol. The second-order valence-electron chi connectivity index (χ2n) is 10.5. The molecule has 3 aromatic carbocycles. The van der Waals surface area contributed by atoms with Crippen LogP contribution in [0.2, 0.25) is 0 Å². The summed E-state index contributed by atoms with van der Waals surface area (Å²) in [7, 11) is 5.52. The Morgan fingerprint density at radius 2 is 1.70 bits per heavy atom. The van der Waals surface area contributed by atoms with Gasteiger partial charge in [-0.3, -0.25) is 4.79 Å². The normalized spacial score (nSPS) is 11.7. The van der Waals surface area contributed by atoms with E-state index in [1.807, 2.05) is 54.6 Å². The van der Waals surface area contributed by atoms with Crippen LogP contribution in [0.3, 0.4) is 0 Å². The van der Waals surface area contributed by atoms with E-state index in [4.69, 9.17) is 14.5 Å². The number of aromatic nitrogens is 1. The van der Waals surface area contributed by atoms with E-state index in [9.17, 15) is 9.59 Å². The molecule has 0 amide bonds. The zero-order valence-electron chi connectivity index (χ0n) is 25.3. The Bertz CT molecular complexity index is 1470. The largest absolute Gasteiger partial charge is 0.493 e. The molecule has 4 rings (SSSR count). The number of carbonyl (C=O) groups excluding carboxylic acids is 2. The number of nitrogens with one attached hydrogen (secondary N) is 2. The van der Waals surface area contributed by atoms with E-state index in [1.54, 1.807) is 35.6 Å². The Morgan fingerprint density at radius 1 is 0.977 bits per heavy atom. The first kappa shape index (κ1) is 31.7. The minimum absolute atomic E-state index is 0.117. The monoisotopic (exact) mass is 600 g/mol. The van der Waals surface area contributed by atoms with Gasteiger partial charge in [-0.25, -0.2) is 9.78 Å². The molecule has 2 N–H and O–H groups in total. The third-order valence-corrected chi connectivity index (χ3v) is 7.92. The highest BCUT2D eigenvalue weighted by Gasteiger charge is 2.22. The molecule has 1 heterocycles. The number of para-hydroxylation sites is 1. The van der Waals surface area contributed by atoms with Crippen molar-refractivity contribution in [2.75, 3.05) is 51.5 Å². The summed E-state index contributed by atoms with van der Waals surface area (Å²) < 4.78 is 11.1. The minimum atomic E-state index is -0.681. The van der Waals surface area contributed by atoms with Crippen molar-refractivity contribution in [3.8, 4) is 5.75 Å². The van der Waals surface area contributed by atoms with Crippen molar-refractivity contribution < 1.29 is 19.1 Å². The standard InChI is InChI=1S/C34H40N4O4S/c1-24-29(37-34(43-24)35-20-10-21-38(2)3)19-22-42-27-17-15-25(16-18-27)23-31(33(40)41-4)36-30-14-9-8-13-28(30)32(39)26-11-6-5-7-12-26/h5-9,11-18,31,36H,10,19-23H2,1-4H3,(H,35,37). The van der Waals surface area contributed by atoms with Crippen LogP contribution in [0.1, 0.15) is 38.5 Å². The van der Waals surface area contributed by atoms with Crippen molar-refractivity contribution in [1.82, 2.24) is 9.88 Å². The number of ether oxygens (including phenoxy) is 2. The number of esters is 1. The van der Waals surface area contributed by atoms with E-state index in [-0.39, 0.29) is 5.78 Å². The molecule has 0 spiro atoms. The van der Waals surface area contributed by atoms with Crippen molar-refractivity contribution >= 4 is 33.9 Å². The van der Waals surface area contributed by atoms with Crippen LogP contribution >= 0.6 is 11.3 Å². The third kappa shape index (κ3) is 9.39. The highest BCUT2D eigenvalue weighted by atomic mass is 32.1. The van der Waals surface area contributed by atoms with Crippen molar-refractivity contribution in [3.63, 3.8) is 0 Å². The number of ketones is 1. The van der Waals surface area contributed by atoms with Crippen molar-refractivity contribution in [3.05, 3.63) is 106 Å². The molecule has 0 aliphatic rings. The van der Waals surface area contributed by atoms with Crippen molar-refractivity contribution in [1.29, 1.82) is 0 Å². The van der Waals surface area contributed by atoms with Gasteiger partial charge in [-0.15, -0.1) is 11.3 Å². The average molecular weight is 601 g/mol. The summed E-state index contributed by atoms with van der Waals surface area (Å²) in [5, 5.41) is 7.63. The zero-order valence-corrected chi connectivity index (χ0v) is 26.1. The summed E-state index contributed by atoms with van der Waals surface area (Å²) >= 11 is 1.68. The van der Waals surface area contributed by atoms with Crippen molar-refractivity contribution in [2.45, 2.75) is 32.2 Å². The summed E-state index contributed by atoms with van der Waals surface area (Å²) in [5.74, 6) is 0.224. The SMILES string of the molecule is COC(=O)C(Cc1ccc(OCCc2nc(NCCCN(C)C)sc2C)cc1)Nc1ccccc1C(=O)c1ccccc1. The predicted molar refractivity (Wildman–Crippen MR) is 174 cm³/mol. The lowest BCUT2D eigenvalue weighted by Crippen LogP contribution is -2.33. The topological polar surface area (TPSA) is 92.8 Å². The van der Waals surface area contributed by atoms with Gasteiger partial charge >= 0.3 is 5.97 Å². The third-order valence-electron chi connectivity index (χ3n) is 6.94. The Kier molecular flexibility index (Phi) is 11.7. The van der Waals surface area contributed by atoms with Gasteiger partial charge in [0, 0.05) is 41.1 Å². The van der Waals surface area contributed by atoms with Gasteiger partial charge in [0.2, 0.25) is 0 Å². The van der Waals surface area contributed by atoms with Crippen LogP contribution in [-0.4, -0.2) is 68.6 Å². The number of hydrogen-bond acceptors (Lipinski definition) is 9. The Hall–Kier alpha value is -4.21. The molecule has 0 fully saturated rings. The predicted octanol–water partition coefficient (Wildman–Crippen LogP) is 5.86. The molecule has 0 bridgehead atoms. The molecule has 8 nitrogen and oxygen atoms in total. The minimum Gasteiger partial charge on any atom is -0.493 e. The van der Waals surface area contributed by atoms with Gasteiger partial charge in [0.15, 0.2) is 10.9 Å². The van der Waals surface area contributed by atoms with Gasteiger partial charge in [0.05, 0.1) is 19.4 Å². The lowest BCUT2D eigenvalue weighted by atomic mass is 10.00. The quantitative estimate of drug-likeness (QED) is 0.0938. The molecule has 0 aliphatic carbocycles. The number of rotatable bonds is 16. The maximum atomic E-state index is 13.2. The fraction of sp³-hybridized carbons (Fsp3) is 0.324. The number of aryl methyl sites for hydroxylation is 1. The number of thiazole rings is 1. The molecule has 4 aromatic rings. The van der Waals surface area contributed by atoms with Gasteiger partial charge in [-0.2, -0.15) is 0 Å². The van der Waals surface area contributed by atoms with Crippen LogP contribution in [0, 0.1) is 6.92 Å². The number of anilines is 2. The molecule has 226 valence electrons. The first-order valence-electron chi connectivity index (χ1n) is 14.4. The van der Waals surface area contributed by atoms with E-state index in [0.717, 1.165) is 48.1 Å². The molecule has 0 aliphatic heterocycles. The molecule has 0 saturated carbocycles. The van der Waals surface area contributed by atoms with Gasteiger partial charge in [0.1, 0.15) is 11.8 Å². The number of carbonyl (C=O) groups is 2. The molecule has 1 atom stereocenters. The first-order chi connectivity index (χ1) is 20.8. The zero-order chi connectivity index (χ0) is 30.6. The summed E-state index contributed by atoms with van der Waals surface area (Å²) in [5.41, 5.74) is 3.64. The van der Waals surface area contributed by atoms with Crippen LogP contribution in [0.15, 0.2) is 78.9 Å². The van der Waals surface area contributed by atoms with Crippen LogP contribution < -0.4 is 15.4 Å². The summed E-state index contributed by atoms with van der Waals surface area (Å²) in [6.07, 6.45) is 2.17. The van der Waals surface area contributed by atoms with Gasteiger partial charge in [0.25, 0.3) is 0 Å².